The summed E-state index contributed by atoms with van der Waals surface area (Å²) >= 11 is 6.92. The minimum absolute atomic E-state index is 0.0189. The van der Waals surface area contributed by atoms with E-state index in [2.05, 4.69) is 44.8 Å². The number of amides is 1. The van der Waals surface area contributed by atoms with Gasteiger partial charge in [-0.05, 0) is 40.9 Å². The van der Waals surface area contributed by atoms with E-state index in [9.17, 15) is 4.79 Å². The van der Waals surface area contributed by atoms with Gasteiger partial charge in [-0.2, -0.15) is 5.10 Å². The molecule has 32 heavy (non-hydrogen) atoms. The van der Waals surface area contributed by atoms with Crippen LogP contribution in [0.5, 0.6) is 0 Å². The highest BCUT2D eigenvalue weighted by Crippen LogP contribution is 2.30. The van der Waals surface area contributed by atoms with E-state index < -0.39 is 0 Å². The largest absolute Gasteiger partial charge is 0.361 e. The van der Waals surface area contributed by atoms with Crippen LogP contribution in [-0.2, 0) is 11.3 Å². The Bertz CT molecular complexity index is 1400. The zero-order valence-electron chi connectivity index (χ0n) is 17.1. The second-order valence-corrected chi connectivity index (χ2v) is 8.81. The van der Waals surface area contributed by atoms with Crippen molar-refractivity contribution in [2.45, 2.75) is 12.5 Å². The van der Waals surface area contributed by atoms with Gasteiger partial charge in [0.05, 0.1) is 4.88 Å². The average Bonchev–Trinajstić information content (AvgIpc) is 3.56. The molecule has 3 N–H and O–H groups in total. The number of thiophene rings is 1. The van der Waals surface area contributed by atoms with Gasteiger partial charge in [0.15, 0.2) is 10.6 Å². The first-order valence-electron chi connectivity index (χ1n) is 10.3. The first kappa shape index (κ1) is 20.4. The Labute approximate surface area is 193 Å². The van der Waals surface area contributed by atoms with Crippen molar-refractivity contribution in [2.24, 2.45) is 0 Å². The van der Waals surface area contributed by atoms with Gasteiger partial charge in [0.1, 0.15) is 6.54 Å². The molecular formula is C24H21N5OS2. The van der Waals surface area contributed by atoms with Gasteiger partial charge in [0, 0.05) is 29.6 Å². The summed E-state index contributed by atoms with van der Waals surface area (Å²) in [5.74, 6) is 0.586. The van der Waals surface area contributed by atoms with Crippen LogP contribution < -0.4 is 5.32 Å². The lowest BCUT2D eigenvalue weighted by Gasteiger charge is -2.18. The number of nitrogens with zero attached hydrogens (tertiary/aromatic N) is 2. The molecular weight excluding hydrogens is 438 g/mol. The maximum Gasteiger partial charge on any atom is 0.240 e. The monoisotopic (exact) mass is 459 g/mol. The summed E-state index contributed by atoms with van der Waals surface area (Å²) in [4.78, 5) is 17.2. The zero-order chi connectivity index (χ0) is 21.9. The van der Waals surface area contributed by atoms with E-state index in [1.807, 2.05) is 54.0 Å². The fraction of sp³-hybridized carbons (Fsp3) is 0.125. The summed E-state index contributed by atoms with van der Waals surface area (Å²) in [5.41, 5.74) is 3.39. The van der Waals surface area contributed by atoms with Crippen LogP contribution in [0.2, 0.25) is 0 Å². The Balaban J connectivity index is 1.38. The number of para-hydroxylation sites is 1. The quantitative estimate of drug-likeness (QED) is 0.296. The SMILES string of the molecule is O=C(Cn1c(-c2cccs2)n[nH]c1=S)NC[C@H](c1ccccc1)c1c[nH]c2ccccc12. The molecule has 1 amide bonds. The summed E-state index contributed by atoms with van der Waals surface area (Å²) in [6.07, 6.45) is 2.04. The first-order chi connectivity index (χ1) is 15.7. The highest BCUT2D eigenvalue weighted by atomic mass is 32.1. The number of H-pyrrole nitrogens is 2. The third-order valence-electron chi connectivity index (χ3n) is 5.50. The van der Waals surface area contributed by atoms with Crippen LogP contribution in [0.1, 0.15) is 17.0 Å². The summed E-state index contributed by atoms with van der Waals surface area (Å²) in [6, 6.07) is 22.4. The van der Waals surface area contributed by atoms with Crippen molar-refractivity contribution in [3.05, 3.63) is 94.2 Å². The second-order valence-electron chi connectivity index (χ2n) is 7.47. The maximum atomic E-state index is 12.9. The van der Waals surface area contributed by atoms with Crippen molar-refractivity contribution in [3.63, 3.8) is 0 Å². The van der Waals surface area contributed by atoms with E-state index in [0.717, 1.165) is 26.9 Å². The Morgan fingerprint density at radius 2 is 1.91 bits per heavy atom. The lowest BCUT2D eigenvalue weighted by molar-refractivity contribution is -0.121. The Morgan fingerprint density at radius 3 is 2.72 bits per heavy atom. The number of hydrogen-bond donors (Lipinski definition) is 3. The van der Waals surface area contributed by atoms with Gasteiger partial charge in [0.2, 0.25) is 5.91 Å². The van der Waals surface area contributed by atoms with E-state index in [-0.39, 0.29) is 18.4 Å². The van der Waals surface area contributed by atoms with Crippen LogP contribution in [0.15, 0.2) is 78.3 Å². The zero-order valence-corrected chi connectivity index (χ0v) is 18.7. The molecule has 0 spiro atoms. The van der Waals surface area contributed by atoms with E-state index in [0.29, 0.717) is 17.1 Å². The number of aromatic amines is 2. The van der Waals surface area contributed by atoms with E-state index in [1.165, 1.54) is 0 Å². The highest BCUT2D eigenvalue weighted by molar-refractivity contribution is 7.71. The number of nitrogens with one attached hydrogen (secondary N) is 3. The topological polar surface area (TPSA) is 78.5 Å². The third kappa shape index (κ3) is 4.02. The van der Waals surface area contributed by atoms with Crippen LogP contribution in [0.25, 0.3) is 21.6 Å². The number of aromatic nitrogens is 4. The van der Waals surface area contributed by atoms with Crippen molar-refractivity contribution in [1.29, 1.82) is 0 Å². The average molecular weight is 460 g/mol. The summed E-state index contributed by atoms with van der Waals surface area (Å²) in [7, 11) is 0. The van der Waals surface area contributed by atoms with Crippen LogP contribution >= 0.6 is 23.6 Å². The number of fused-ring (bicyclic) bond motifs is 1. The van der Waals surface area contributed by atoms with Crippen molar-refractivity contribution in [3.8, 4) is 10.7 Å². The molecule has 1 atom stereocenters. The third-order valence-corrected chi connectivity index (χ3v) is 6.68. The van der Waals surface area contributed by atoms with E-state index in [1.54, 1.807) is 15.9 Å². The van der Waals surface area contributed by atoms with Gasteiger partial charge >= 0.3 is 0 Å². The minimum Gasteiger partial charge on any atom is -0.361 e. The molecule has 6 nitrogen and oxygen atoms in total. The van der Waals surface area contributed by atoms with Crippen LogP contribution in [0.3, 0.4) is 0 Å². The molecule has 5 rings (SSSR count). The van der Waals surface area contributed by atoms with Gasteiger partial charge < -0.3 is 10.3 Å². The molecule has 0 fully saturated rings. The Kier molecular flexibility index (Phi) is 5.70. The van der Waals surface area contributed by atoms with E-state index in [4.69, 9.17) is 12.2 Å². The van der Waals surface area contributed by atoms with E-state index >= 15 is 0 Å². The van der Waals surface area contributed by atoms with Crippen molar-refractivity contribution in [2.75, 3.05) is 6.54 Å². The molecule has 3 aromatic heterocycles. The van der Waals surface area contributed by atoms with Crippen molar-refractivity contribution >= 4 is 40.4 Å². The van der Waals surface area contributed by atoms with Gasteiger partial charge in [-0.1, -0.05) is 54.6 Å². The molecule has 0 aliphatic carbocycles. The van der Waals surface area contributed by atoms with Gasteiger partial charge in [-0.15, -0.1) is 11.3 Å². The molecule has 0 aliphatic heterocycles. The molecule has 0 saturated heterocycles. The fourth-order valence-electron chi connectivity index (χ4n) is 3.95. The summed E-state index contributed by atoms with van der Waals surface area (Å²) < 4.78 is 2.17. The van der Waals surface area contributed by atoms with Crippen molar-refractivity contribution < 1.29 is 4.79 Å². The molecule has 160 valence electrons. The molecule has 0 saturated carbocycles. The van der Waals surface area contributed by atoms with Crippen LogP contribution in [-0.4, -0.2) is 32.2 Å². The minimum atomic E-state index is -0.110. The molecule has 8 heteroatoms. The second kappa shape index (κ2) is 8.94. The number of benzene rings is 2. The Hall–Kier alpha value is -3.49. The number of carbonyl (C=O) groups is 1. The molecule has 0 bridgehead atoms. The molecule has 0 aliphatic rings. The number of rotatable bonds is 7. The predicted octanol–water partition coefficient (Wildman–Crippen LogP) is 5.10. The molecule has 2 aromatic carbocycles. The number of hydrogen-bond acceptors (Lipinski definition) is 4. The smallest absolute Gasteiger partial charge is 0.240 e. The highest BCUT2D eigenvalue weighted by Gasteiger charge is 2.20. The summed E-state index contributed by atoms with van der Waals surface area (Å²) in [5, 5.41) is 13.4. The molecule has 5 aromatic rings. The Morgan fingerprint density at radius 1 is 1.09 bits per heavy atom. The maximum absolute atomic E-state index is 12.9. The van der Waals surface area contributed by atoms with Gasteiger partial charge in [-0.3, -0.25) is 14.5 Å². The van der Waals surface area contributed by atoms with Crippen LogP contribution in [0.4, 0.5) is 0 Å². The van der Waals surface area contributed by atoms with Gasteiger partial charge in [0.25, 0.3) is 0 Å². The van der Waals surface area contributed by atoms with Crippen LogP contribution in [0, 0.1) is 4.77 Å². The lowest BCUT2D eigenvalue weighted by Crippen LogP contribution is -2.32. The normalized spacial score (nSPS) is 12.1. The van der Waals surface area contributed by atoms with Gasteiger partial charge in [-0.25, -0.2) is 0 Å². The lowest BCUT2D eigenvalue weighted by atomic mass is 9.91. The molecule has 0 unspecified atom stereocenters. The predicted molar refractivity (Wildman–Crippen MR) is 130 cm³/mol. The molecule has 3 heterocycles. The fourth-order valence-corrected chi connectivity index (χ4v) is 4.87. The van der Waals surface area contributed by atoms with Crippen molar-refractivity contribution in [1.82, 2.24) is 25.1 Å². The molecule has 0 radical (unpaired) electrons. The first-order valence-corrected chi connectivity index (χ1v) is 11.6. The summed E-state index contributed by atoms with van der Waals surface area (Å²) in [6.45, 7) is 0.585. The number of carbonyl (C=O) groups excluding carboxylic acids is 1. The standard InChI is InChI=1S/C24H21N5OS2/c30-22(15-29-23(27-28-24(29)31)21-11-6-12-32-21)26-13-18(16-7-2-1-3-8-16)19-14-25-20-10-5-4-9-17(19)20/h1-12,14,18,25H,13,15H2,(H,26,30)(H,28,31)/t18-/m1/s1.